The number of carbonyl (C=O) groups is 2. The van der Waals surface area contributed by atoms with E-state index in [1.54, 1.807) is 0 Å². The van der Waals surface area contributed by atoms with Crippen LogP contribution in [0.1, 0.15) is 22.6 Å². The minimum Gasteiger partial charge on any atom is -0.480 e. The lowest BCUT2D eigenvalue weighted by molar-refractivity contribution is -0.139. The Bertz CT molecular complexity index is 1060. The number of fused-ring (bicyclic) bond motifs is 3. The van der Waals surface area contributed by atoms with E-state index < -0.39 is 18.1 Å². The second-order valence-electron chi connectivity index (χ2n) is 6.90. The first-order valence-corrected chi connectivity index (χ1v) is 9.71. The zero-order valence-corrected chi connectivity index (χ0v) is 16.5. The molecule has 0 bridgehead atoms. The van der Waals surface area contributed by atoms with E-state index in [0.717, 1.165) is 22.3 Å². The third-order valence-corrected chi connectivity index (χ3v) is 5.43. The van der Waals surface area contributed by atoms with E-state index in [1.807, 2.05) is 48.5 Å². The molecule has 30 heavy (non-hydrogen) atoms. The van der Waals surface area contributed by atoms with Gasteiger partial charge >= 0.3 is 12.1 Å². The van der Waals surface area contributed by atoms with Gasteiger partial charge in [-0.15, -0.1) is 0 Å². The lowest BCUT2D eigenvalue weighted by atomic mass is 9.98. The summed E-state index contributed by atoms with van der Waals surface area (Å²) in [6.45, 7) is 0.0986. The second kappa shape index (κ2) is 8.51. The van der Waals surface area contributed by atoms with Gasteiger partial charge in [0.1, 0.15) is 24.1 Å². The van der Waals surface area contributed by atoms with Crippen LogP contribution in [0.25, 0.3) is 11.1 Å². The molecule has 1 atom stereocenters. The van der Waals surface area contributed by atoms with Crippen LogP contribution in [0.4, 0.5) is 4.79 Å². The van der Waals surface area contributed by atoms with E-state index in [1.165, 1.54) is 12.5 Å². The Morgan fingerprint density at radius 2 is 1.73 bits per heavy atom. The smallest absolute Gasteiger partial charge is 0.407 e. The summed E-state index contributed by atoms with van der Waals surface area (Å²) in [4.78, 5) is 31.6. The van der Waals surface area contributed by atoms with Crippen molar-refractivity contribution in [1.29, 1.82) is 0 Å². The Kier molecular flexibility index (Phi) is 5.63. The molecule has 7 nitrogen and oxygen atoms in total. The highest BCUT2D eigenvalue weighted by Gasteiger charge is 2.30. The molecule has 0 fully saturated rings. The largest absolute Gasteiger partial charge is 0.480 e. The van der Waals surface area contributed by atoms with Crippen LogP contribution in [0, 0.1) is 0 Å². The summed E-state index contributed by atoms with van der Waals surface area (Å²) in [5.74, 6) is -1.31. The lowest BCUT2D eigenvalue weighted by Crippen LogP contribution is -2.43. The molecule has 3 aromatic rings. The van der Waals surface area contributed by atoms with Crippen molar-refractivity contribution in [2.24, 2.45) is 0 Å². The van der Waals surface area contributed by atoms with Crippen LogP contribution < -0.4 is 5.32 Å². The summed E-state index contributed by atoms with van der Waals surface area (Å²) in [6, 6.07) is 14.7. The van der Waals surface area contributed by atoms with Crippen LogP contribution in [0.2, 0.25) is 5.15 Å². The fraction of sp³-hybridized carbons (Fsp3) is 0.182. The van der Waals surface area contributed by atoms with E-state index in [9.17, 15) is 14.7 Å². The Labute approximate surface area is 177 Å². The van der Waals surface area contributed by atoms with Crippen LogP contribution in [-0.4, -0.2) is 39.8 Å². The molecule has 152 valence electrons. The fourth-order valence-electron chi connectivity index (χ4n) is 3.68. The van der Waals surface area contributed by atoms with Gasteiger partial charge in [0.05, 0.1) is 0 Å². The molecule has 0 spiro atoms. The highest BCUT2D eigenvalue weighted by Crippen LogP contribution is 2.44. The maximum Gasteiger partial charge on any atom is 0.407 e. The third kappa shape index (κ3) is 3.97. The molecule has 0 aliphatic heterocycles. The van der Waals surface area contributed by atoms with Gasteiger partial charge in [-0.2, -0.15) is 0 Å². The number of carboxylic acids is 1. The number of alkyl carbamates (subject to hydrolysis) is 1. The first kappa shape index (κ1) is 19.8. The van der Waals surface area contributed by atoms with Crippen LogP contribution in [-0.2, 0) is 16.0 Å². The van der Waals surface area contributed by atoms with Gasteiger partial charge in [0.25, 0.3) is 0 Å². The van der Waals surface area contributed by atoms with Crippen molar-refractivity contribution in [2.45, 2.75) is 18.4 Å². The SMILES string of the molecule is O=C(N[C@@H](Cc1cncnc1Cl)C(=O)O)OCC1c2ccccc2-c2ccccc21. The molecule has 1 aliphatic rings. The minimum atomic E-state index is -1.22. The van der Waals surface area contributed by atoms with E-state index in [4.69, 9.17) is 16.3 Å². The summed E-state index contributed by atoms with van der Waals surface area (Å²) in [6.07, 6.45) is 1.82. The van der Waals surface area contributed by atoms with Gasteiger partial charge in [-0.3, -0.25) is 0 Å². The van der Waals surface area contributed by atoms with Crippen molar-refractivity contribution in [3.8, 4) is 11.1 Å². The van der Waals surface area contributed by atoms with Crippen LogP contribution in [0.5, 0.6) is 0 Å². The number of nitrogens with zero attached hydrogens (tertiary/aromatic N) is 2. The van der Waals surface area contributed by atoms with Crippen molar-refractivity contribution in [1.82, 2.24) is 15.3 Å². The molecule has 4 rings (SSSR count). The topological polar surface area (TPSA) is 101 Å². The number of benzene rings is 2. The monoisotopic (exact) mass is 423 g/mol. The van der Waals surface area contributed by atoms with Gasteiger partial charge in [-0.05, 0) is 22.3 Å². The van der Waals surface area contributed by atoms with Gasteiger partial charge in [-0.1, -0.05) is 60.1 Å². The van der Waals surface area contributed by atoms with Crippen molar-refractivity contribution < 1.29 is 19.4 Å². The van der Waals surface area contributed by atoms with Crippen LogP contribution >= 0.6 is 11.6 Å². The second-order valence-corrected chi connectivity index (χ2v) is 7.26. The zero-order valence-electron chi connectivity index (χ0n) is 15.8. The summed E-state index contributed by atoms with van der Waals surface area (Å²) in [5, 5.41) is 12.0. The van der Waals surface area contributed by atoms with Gasteiger partial charge < -0.3 is 15.2 Å². The number of carbonyl (C=O) groups excluding carboxylic acids is 1. The molecule has 0 radical (unpaired) electrons. The van der Waals surface area contributed by atoms with Crippen molar-refractivity contribution >= 4 is 23.7 Å². The number of aromatic nitrogens is 2. The first-order valence-electron chi connectivity index (χ1n) is 9.33. The van der Waals surface area contributed by atoms with Crippen LogP contribution in [0.3, 0.4) is 0 Å². The first-order chi connectivity index (χ1) is 14.5. The fourth-order valence-corrected chi connectivity index (χ4v) is 3.85. The number of hydrogen-bond donors (Lipinski definition) is 2. The zero-order chi connectivity index (χ0) is 21.1. The Morgan fingerprint density at radius 3 is 2.33 bits per heavy atom. The average Bonchev–Trinajstić information content (AvgIpc) is 3.07. The minimum absolute atomic E-state index is 0.0563. The van der Waals surface area contributed by atoms with Gasteiger partial charge in [0, 0.05) is 24.1 Å². The van der Waals surface area contributed by atoms with E-state index in [0.29, 0.717) is 5.56 Å². The Hall–Kier alpha value is -3.45. The number of amides is 1. The molecule has 8 heteroatoms. The summed E-state index contributed by atoms with van der Waals surface area (Å²) in [5.41, 5.74) is 4.81. The number of hydrogen-bond acceptors (Lipinski definition) is 5. The van der Waals surface area contributed by atoms with Gasteiger partial charge in [0.2, 0.25) is 0 Å². The molecule has 0 saturated heterocycles. The predicted molar refractivity (Wildman–Crippen MR) is 110 cm³/mol. The maximum absolute atomic E-state index is 12.4. The predicted octanol–water partition coefficient (Wildman–Crippen LogP) is 3.66. The highest BCUT2D eigenvalue weighted by atomic mass is 35.5. The molecule has 0 saturated carbocycles. The molecule has 2 aromatic carbocycles. The Balaban J connectivity index is 1.44. The molecular weight excluding hydrogens is 406 g/mol. The summed E-state index contributed by atoms with van der Waals surface area (Å²) >= 11 is 5.96. The van der Waals surface area contributed by atoms with E-state index in [-0.39, 0.29) is 24.1 Å². The Morgan fingerprint density at radius 1 is 1.10 bits per heavy atom. The van der Waals surface area contributed by atoms with Gasteiger partial charge in [-0.25, -0.2) is 19.6 Å². The van der Waals surface area contributed by atoms with Crippen molar-refractivity contribution in [3.63, 3.8) is 0 Å². The standard InChI is InChI=1S/C22H18ClN3O4/c23-20-13(10-24-12-25-20)9-19(21(27)28)26-22(29)30-11-18-16-7-3-1-5-14(16)15-6-2-4-8-17(15)18/h1-8,10,12,18-19H,9,11H2,(H,26,29)(H,27,28)/t19-/m0/s1. The van der Waals surface area contributed by atoms with E-state index >= 15 is 0 Å². The van der Waals surface area contributed by atoms with Gasteiger partial charge in [0.15, 0.2) is 0 Å². The number of rotatable bonds is 6. The molecule has 0 unspecified atom stereocenters. The summed E-state index contributed by atoms with van der Waals surface area (Å²) in [7, 11) is 0. The molecule has 1 aromatic heterocycles. The molecule has 2 N–H and O–H groups in total. The maximum atomic E-state index is 12.4. The quantitative estimate of drug-likeness (QED) is 0.586. The highest BCUT2D eigenvalue weighted by molar-refractivity contribution is 6.30. The average molecular weight is 424 g/mol. The lowest BCUT2D eigenvalue weighted by Gasteiger charge is -2.17. The number of carboxylic acid groups (broad SMARTS) is 1. The number of halogens is 1. The normalized spacial score (nSPS) is 13.2. The summed E-state index contributed by atoms with van der Waals surface area (Å²) < 4.78 is 5.41. The number of ether oxygens (including phenoxy) is 1. The van der Waals surface area contributed by atoms with Crippen molar-refractivity contribution in [3.05, 3.63) is 82.9 Å². The molecule has 1 amide bonds. The molecular formula is C22H18ClN3O4. The number of nitrogens with one attached hydrogen (secondary N) is 1. The third-order valence-electron chi connectivity index (χ3n) is 5.09. The van der Waals surface area contributed by atoms with Crippen molar-refractivity contribution in [2.75, 3.05) is 6.61 Å². The molecule has 1 aliphatic carbocycles. The molecule has 1 heterocycles. The number of aliphatic carboxylic acids is 1. The van der Waals surface area contributed by atoms with Crippen LogP contribution in [0.15, 0.2) is 61.1 Å². The van der Waals surface area contributed by atoms with E-state index in [2.05, 4.69) is 15.3 Å².